The van der Waals surface area contributed by atoms with Crippen LogP contribution in [0.15, 0.2) is 6.20 Å². The molecule has 0 bridgehead atoms. The molecule has 1 aliphatic heterocycles. The number of likely N-dealkylation sites (tertiary alicyclic amines) is 1. The summed E-state index contributed by atoms with van der Waals surface area (Å²) in [7, 11) is 0. The normalized spacial score (nSPS) is 24.6. The first kappa shape index (κ1) is 15.5. The molecule has 1 amide bonds. The SMILES string of the molecule is O=C(NC1CC1)C(O)C1CCN(Cc2cnc(C3CC3)s2)CC1. The lowest BCUT2D eigenvalue weighted by molar-refractivity contribution is -0.133. The maximum Gasteiger partial charge on any atom is 0.249 e. The van der Waals surface area contributed by atoms with E-state index in [0.717, 1.165) is 51.2 Å². The molecule has 1 aromatic rings. The fourth-order valence-corrected chi connectivity index (χ4v) is 4.42. The highest BCUT2D eigenvalue weighted by Crippen LogP contribution is 2.42. The van der Waals surface area contributed by atoms with Crippen LogP contribution in [0.1, 0.15) is 54.3 Å². The van der Waals surface area contributed by atoms with Gasteiger partial charge in [-0.3, -0.25) is 9.69 Å². The van der Waals surface area contributed by atoms with Crippen molar-refractivity contribution in [1.82, 2.24) is 15.2 Å². The maximum absolute atomic E-state index is 12.0. The molecule has 3 aliphatic rings. The van der Waals surface area contributed by atoms with Crippen LogP contribution in [0.4, 0.5) is 0 Å². The van der Waals surface area contributed by atoms with Crippen LogP contribution < -0.4 is 5.32 Å². The summed E-state index contributed by atoms with van der Waals surface area (Å²) in [5.74, 6) is 0.676. The lowest BCUT2D eigenvalue weighted by atomic mass is 9.90. The van der Waals surface area contributed by atoms with E-state index in [0.29, 0.717) is 6.04 Å². The van der Waals surface area contributed by atoms with E-state index in [1.807, 2.05) is 17.5 Å². The lowest BCUT2D eigenvalue weighted by Crippen LogP contribution is -2.44. The van der Waals surface area contributed by atoms with Crippen LogP contribution in [0.2, 0.25) is 0 Å². The molecule has 0 spiro atoms. The number of aliphatic hydroxyl groups is 1. The number of hydrogen-bond donors (Lipinski definition) is 2. The summed E-state index contributed by atoms with van der Waals surface area (Å²) in [4.78, 5) is 20.3. The molecule has 3 fully saturated rings. The number of thiazole rings is 1. The van der Waals surface area contributed by atoms with E-state index in [1.54, 1.807) is 0 Å². The third-order valence-corrected chi connectivity index (χ3v) is 6.29. The fourth-order valence-electron chi connectivity index (χ4n) is 3.29. The Balaban J connectivity index is 1.24. The van der Waals surface area contributed by atoms with Gasteiger partial charge in [-0.05, 0) is 57.5 Å². The van der Waals surface area contributed by atoms with E-state index in [2.05, 4.69) is 15.2 Å². The molecule has 1 unspecified atom stereocenters. The molecule has 0 aromatic carbocycles. The van der Waals surface area contributed by atoms with Gasteiger partial charge in [0.2, 0.25) is 5.91 Å². The van der Waals surface area contributed by atoms with Crippen molar-refractivity contribution in [1.29, 1.82) is 0 Å². The number of carbonyl (C=O) groups is 1. The molecule has 2 heterocycles. The molecule has 1 aromatic heterocycles. The minimum absolute atomic E-state index is 0.105. The van der Waals surface area contributed by atoms with Gasteiger partial charge in [-0.2, -0.15) is 0 Å². The molecule has 0 radical (unpaired) electrons. The Bertz CT molecular complexity index is 560. The number of piperidine rings is 1. The zero-order chi connectivity index (χ0) is 15.8. The van der Waals surface area contributed by atoms with Crippen molar-refractivity contribution in [2.45, 2.75) is 63.1 Å². The molecule has 1 atom stereocenters. The van der Waals surface area contributed by atoms with E-state index >= 15 is 0 Å². The highest BCUT2D eigenvalue weighted by Gasteiger charge is 2.33. The second kappa shape index (κ2) is 6.49. The van der Waals surface area contributed by atoms with Crippen molar-refractivity contribution in [3.05, 3.63) is 16.1 Å². The van der Waals surface area contributed by atoms with Crippen LogP contribution in [0.25, 0.3) is 0 Å². The lowest BCUT2D eigenvalue weighted by Gasteiger charge is -2.33. The summed E-state index contributed by atoms with van der Waals surface area (Å²) in [6.45, 7) is 2.87. The summed E-state index contributed by atoms with van der Waals surface area (Å²) in [6.07, 6.45) is 7.73. The minimum Gasteiger partial charge on any atom is -0.383 e. The van der Waals surface area contributed by atoms with Crippen molar-refractivity contribution in [3.8, 4) is 0 Å². The number of rotatable bonds is 6. The zero-order valence-electron chi connectivity index (χ0n) is 13.4. The summed E-state index contributed by atoms with van der Waals surface area (Å²) >= 11 is 1.86. The van der Waals surface area contributed by atoms with Gasteiger partial charge in [-0.15, -0.1) is 11.3 Å². The maximum atomic E-state index is 12.0. The van der Waals surface area contributed by atoms with E-state index in [1.165, 1.54) is 22.7 Å². The number of nitrogens with one attached hydrogen (secondary N) is 1. The van der Waals surface area contributed by atoms with Gasteiger partial charge in [0.25, 0.3) is 0 Å². The Hall–Kier alpha value is -0.980. The molecule has 2 saturated carbocycles. The quantitative estimate of drug-likeness (QED) is 0.833. The van der Waals surface area contributed by atoms with E-state index in [9.17, 15) is 9.90 Å². The predicted octanol–water partition coefficient (Wildman–Crippen LogP) is 1.87. The highest BCUT2D eigenvalue weighted by atomic mass is 32.1. The predicted molar refractivity (Wildman–Crippen MR) is 89.3 cm³/mol. The van der Waals surface area contributed by atoms with E-state index in [4.69, 9.17) is 0 Å². The molecule has 2 N–H and O–H groups in total. The van der Waals surface area contributed by atoms with Gasteiger partial charge in [-0.25, -0.2) is 4.98 Å². The Morgan fingerprint density at radius 3 is 2.70 bits per heavy atom. The number of hydrogen-bond acceptors (Lipinski definition) is 5. The van der Waals surface area contributed by atoms with Gasteiger partial charge >= 0.3 is 0 Å². The number of aliphatic hydroxyl groups excluding tert-OH is 1. The summed E-state index contributed by atoms with van der Waals surface area (Å²) in [6, 6.07) is 0.323. The second-order valence-electron chi connectivity index (χ2n) is 7.28. The first-order valence-electron chi connectivity index (χ1n) is 8.84. The average molecular weight is 335 g/mol. The van der Waals surface area contributed by atoms with Crippen molar-refractivity contribution in [2.75, 3.05) is 13.1 Å². The third-order valence-electron chi connectivity index (χ3n) is 5.15. The molecular weight excluding hydrogens is 310 g/mol. The summed E-state index contributed by atoms with van der Waals surface area (Å²) in [5, 5.41) is 14.4. The van der Waals surface area contributed by atoms with Crippen LogP contribution in [0.5, 0.6) is 0 Å². The number of amides is 1. The van der Waals surface area contributed by atoms with Gasteiger partial charge in [0, 0.05) is 29.6 Å². The molecule has 126 valence electrons. The molecular formula is C17H25N3O2S. The Morgan fingerprint density at radius 2 is 2.04 bits per heavy atom. The fraction of sp³-hybridized carbons (Fsp3) is 0.765. The third kappa shape index (κ3) is 3.92. The van der Waals surface area contributed by atoms with Gasteiger partial charge in [-0.1, -0.05) is 0 Å². The van der Waals surface area contributed by atoms with Crippen LogP contribution in [0, 0.1) is 5.92 Å². The number of aromatic nitrogens is 1. The monoisotopic (exact) mass is 335 g/mol. The van der Waals surface area contributed by atoms with Crippen LogP contribution in [-0.2, 0) is 11.3 Å². The van der Waals surface area contributed by atoms with Gasteiger partial charge in [0.1, 0.15) is 6.10 Å². The molecule has 2 aliphatic carbocycles. The smallest absolute Gasteiger partial charge is 0.249 e. The van der Waals surface area contributed by atoms with Crippen molar-refractivity contribution in [3.63, 3.8) is 0 Å². The first-order chi connectivity index (χ1) is 11.2. The van der Waals surface area contributed by atoms with Crippen molar-refractivity contribution in [2.24, 2.45) is 5.92 Å². The zero-order valence-corrected chi connectivity index (χ0v) is 14.2. The average Bonchev–Trinajstić information content (AvgIpc) is 3.49. The second-order valence-corrected chi connectivity index (χ2v) is 8.43. The minimum atomic E-state index is -0.831. The summed E-state index contributed by atoms with van der Waals surface area (Å²) in [5.41, 5.74) is 0. The van der Waals surface area contributed by atoms with Crippen molar-refractivity contribution >= 4 is 17.2 Å². The van der Waals surface area contributed by atoms with E-state index in [-0.39, 0.29) is 11.8 Å². The van der Waals surface area contributed by atoms with Gasteiger partial charge in [0.15, 0.2) is 0 Å². The molecule has 6 heteroatoms. The van der Waals surface area contributed by atoms with Crippen molar-refractivity contribution < 1.29 is 9.90 Å². The largest absolute Gasteiger partial charge is 0.383 e. The number of carbonyl (C=O) groups excluding carboxylic acids is 1. The molecule has 4 rings (SSSR count). The topological polar surface area (TPSA) is 65.5 Å². The first-order valence-corrected chi connectivity index (χ1v) is 9.66. The Labute approximate surface area is 141 Å². The van der Waals surface area contributed by atoms with Gasteiger partial charge < -0.3 is 10.4 Å². The highest BCUT2D eigenvalue weighted by molar-refractivity contribution is 7.11. The standard InChI is InChI=1S/C17H25N3O2S/c21-15(16(22)19-13-3-4-13)11-5-7-20(8-6-11)10-14-9-18-17(23-14)12-1-2-12/h9,11-13,15,21H,1-8,10H2,(H,19,22). The van der Waals surface area contributed by atoms with Crippen LogP contribution in [0.3, 0.4) is 0 Å². The van der Waals surface area contributed by atoms with Crippen LogP contribution >= 0.6 is 11.3 Å². The Morgan fingerprint density at radius 1 is 1.30 bits per heavy atom. The van der Waals surface area contributed by atoms with Gasteiger partial charge in [0.05, 0.1) is 5.01 Å². The molecule has 1 saturated heterocycles. The van der Waals surface area contributed by atoms with E-state index < -0.39 is 6.10 Å². The summed E-state index contributed by atoms with van der Waals surface area (Å²) < 4.78 is 0. The van der Waals surface area contributed by atoms with Crippen LogP contribution in [-0.4, -0.2) is 46.1 Å². The number of nitrogens with zero attached hydrogens (tertiary/aromatic N) is 2. The molecule has 23 heavy (non-hydrogen) atoms. The molecule has 5 nitrogen and oxygen atoms in total. The Kier molecular flexibility index (Phi) is 4.39.